The molecule has 1 aliphatic rings. The molecule has 6 nitrogen and oxygen atoms in total. The number of thiazole rings is 1. The van der Waals surface area contributed by atoms with Crippen LogP contribution in [0.2, 0.25) is 0 Å². The molecule has 1 aliphatic carbocycles. The van der Waals surface area contributed by atoms with Gasteiger partial charge in [-0.1, -0.05) is 25.2 Å². The molecule has 2 heterocycles. The van der Waals surface area contributed by atoms with Gasteiger partial charge in [0.05, 0.1) is 10.6 Å². The maximum atomic E-state index is 12.5. The van der Waals surface area contributed by atoms with Crippen LogP contribution in [0.5, 0.6) is 5.75 Å². The minimum atomic E-state index is -4.80. The zero-order valence-corrected chi connectivity index (χ0v) is 16.3. The molecule has 2 aromatic heterocycles. The van der Waals surface area contributed by atoms with Crippen LogP contribution in [-0.2, 0) is 6.42 Å². The highest BCUT2D eigenvalue weighted by Crippen LogP contribution is 2.38. The Bertz CT molecular complexity index is 1130. The van der Waals surface area contributed by atoms with Gasteiger partial charge in [0.1, 0.15) is 11.4 Å². The van der Waals surface area contributed by atoms with Crippen molar-refractivity contribution in [2.75, 3.05) is 5.32 Å². The number of ether oxygens (including phenoxy) is 1. The number of alkyl halides is 3. The number of carbonyl (C=O) groups excluding carboxylic acids is 2. The van der Waals surface area contributed by atoms with Crippen molar-refractivity contribution in [1.82, 2.24) is 9.97 Å². The highest BCUT2D eigenvalue weighted by molar-refractivity contribution is 7.17. The molecule has 1 amide bonds. The Hall–Kier alpha value is -2.88. The monoisotopic (exact) mass is 423 g/mol. The van der Waals surface area contributed by atoms with Gasteiger partial charge in [-0.25, -0.2) is 4.98 Å². The minimum absolute atomic E-state index is 0.0112. The number of ketones is 1. The van der Waals surface area contributed by atoms with Crippen molar-refractivity contribution in [3.63, 3.8) is 0 Å². The van der Waals surface area contributed by atoms with Crippen molar-refractivity contribution in [2.24, 2.45) is 5.41 Å². The van der Waals surface area contributed by atoms with Crippen LogP contribution in [-0.4, -0.2) is 28.0 Å². The van der Waals surface area contributed by atoms with Gasteiger partial charge in [0.15, 0.2) is 10.9 Å². The third kappa shape index (κ3) is 4.12. The normalized spacial score (nSPS) is 16.0. The molecule has 0 atom stereocenters. The van der Waals surface area contributed by atoms with Crippen LogP contribution in [0.4, 0.5) is 18.3 Å². The molecule has 0 fully saturated rings. The molecule has 29 heavy (non-hydrogen) atoms. The third-order valence-electron chi connectivity index (χ3n) is 4.53. The SMILES string of the molecule is CC1(C)CC(=O)c2sc(NC(=O)c3cc4ccc(OC(F)(F)F)cc4[nH]3)nc2C1. The van der Waals surface area contributed by atoms with Gasteiger partial charge in [-0.2, -0.15) is 0 Å². The number of halogens is 3. The Morgan fingerprint density at radius 3 is 2.76 bits per heavy atom. The fourth-order valence-electron chi connectivity index (χ4n) is 3.36. The lowest BCUT2D eigenvalue weighted by atomic mass is 9.78. The molecule has 0 aliphatic heterocycles. The summed E-state index contributed by atoms with van der Waals surface area (Å²) in [6.45, 7) is 3.99. The minimum Gasteiger partial charge on any atom is -0.406 e. The molecule has 10 heteroatoms. The van der Waals surface area contributed by atoms with E-state index in [2.05, 4.69) is 20.0 Å². The second kappa shape index (κ2) is 6.58. The van der Waals surface area contributed by atoms with Gasteiger partial charge in [-0.3, -0.25) is 14.9 Å². The number of H-pyrrole nitrogens is 1. The Balaban J connectivity index is 1.55. The van der Waals surface area contributed by atoms with E-state index in [1.165, 1.54) is 24.3 Å². The van der Waals surface area contributed by atoms with Crippen LogP contribution in [0.25, 0.3) is 10.9 Å². The number of nitrogens with one attached hydrogen (secondary N) is 2. The molecule has 4 rings (SSSR count). The average molecular weight is 423 g/mol. The van der Waals surface area contributed by atoms with Gasteiger partial charge in [-0.05, 0) is 30.0 Å². The molecule has 3 aromatic rings. The Morgan fingerprint density at radius 2 is 2.03 bits per heavy atom. The van der Waals surface area contributed by atoms with Gasteiger partial charge in [0, 0.05) is 23.4 Å². The van der Waals surface area contributed by atoms with Crippen LogP contribution in [0.15, 0.2) is 24.3 Å². The number of Topliss-reactive ketones (excluding diaryl/α,β-unsaturated/α-hetero) is 1. The van der Waals surface area contributed by atoms with Crippen molar-refractivity contribution in [1.29, 1.82) is 0 Å². The molecule has 152 valence electrons. The van der Waals surface area contributed by atoms with E-state index in [9.17, 15) is 22.8 Å². The number of aromatic nitrogens is 2. The smallest absolute Gasteiger partial charge is 0.406 e. The quantitative estimate of drug-likeness (QED) is 0.626. The molecule has 0 saturated carbocycles. The molecule has 2 N–H and O–H groups in total. The first-order valence-corrected chi connectivity index (χ1v) is 9.53. The zero-order valence-electron chi connectivity index (χ0n) is 15.4. The summed E-state index contributed by atoms with van der Waals surface area (Å²) in [4.78, 5) is 32.5. The van der Waals surface area contributed by atoms with Gasteiger partial charge >= 0.3 is 6.36 Å². The topological polar surface area (TPSA) is 84.1 Å². The molecule has 0 bridgehead atoms. The lowest BCUT2D eigenvalue weighted by molar-refractivity contribution is -0.274. The average Bonchev–Trinajstić information content (AvgIpc) is 3.15. The van der Waals surface area contributed by atoms with E-state index >= 15 is 0 Å². The first kappa shape index (κ1) is 19.4. The molecular weight excluding hydrogens is 407 g/mol. The Kier molecular flexibility index (Phi) is 4.41. The maximum Gasteiger partial charge on any atom is 0.573 e. The van der Waals surface area contributed by atoms with Gasteiger partial charge in [0.2, 0.25) is 0 Å². The fraction of sp³-hybridized carbons (Fsp3) is 0.316. The van der Waals surface area contributed by atoms with Crippen LogP contribution in [0.3, 0.4) is 0 Å². The highest BCUT2D eigenvalue weighted by Gasteiger charge is 2.34. The molecule has 1 aromatic carbocycles. The van der Waals surface area contributed by atoms with E-state index in [1.807, 2.05) is 13.8 Å². The predicted molar refractivity (Wildman–Crippen MR) is 101 cm³/mol. The number of fused-ring (bicyclic) bond motifs is 2. The second-order valence-electron chi connectivity index (χ2n) is 7.67. The number of carbonyl (C=O) groups is 2. The molecule has 0 spiro atoms. The first-order chi connectivity index (χ1) is 13.5. The van der Waals surface area contributed by atoms with E-state index < -0.39 is 12.3 Å². The number of anilines is 1. The van der Waals surface area contributed by atoms with Crippen molar-refractivity contribution in [3.05, 3.63) is 40.5 Å². The molecule has 0 unspecified atom stereocenters. The van der Waals surface area contributed by atoms with Crippen LogP contribution < -0.4 is 10.1 Å². The first-order valence-electron chi connectivity index (χ1n) is 8.72. The van der Waals surface area contributed by atoms with Crippen molar-refractivity contribution >= 4 is 39.1 Å². The van der Waals surface area contributed by atoms with Crippen LogP contribution >= 0.6 is 11.3 Å². The summed E-state index contributed by atoms with van der Waals surface area (Å²) in [5.74, 6) is -0.873. The maximum absolute atomic E-state index is 12.5. The van der Waals surface area contributed by atoms with E-state index in [1.54, 1.807) is 0 Å². The lowest BCUT2D eigenvalue weighted by Crippen LogP contribution is -2.26. The highest BCUT2D eigenvalue weighted by atomic mass is 32.1. The third-order valence-corrected chi connectivity index (χ3v) is 5.58. The van der Waals surface area contributed by atoms with Gasteiger partial charge in [-0.15, -0.1) is 13.2 Å². The summed E-state index contributed by atoms with van der Waals surface area (Å²) in [7, 11) is 0. The number of amides is 1. The van der Waals surface area contributed by atoms with Gasteiger partial charge in [0.25, 0.3) is 5.91 Å². The largest absolute Gasteiger partial charge is 0.573 e. The molecule has 0 saturated heterocycles. The van der Waals surface area contributed by atoms with Crippen molar-refractivity contribution in [2.45, 2.75) is 33.1 Å². The van der Waals surface area contributed by atoms with Gasteiger partial charge < -0.3 is 9.72 Å². The summed E-state index contributed by atoms with van der Waals surface area (Å²) in [5.41, 5.74) is 0.987. The van der Waals surface area contributed by atoms with E-state index in [0.717, 1.165) is 11.3 Å². The second-order valence-corrected chi connectivity index (χ2v) is 8.67. The van der Waals surface area contributed by atoms with E-state index in [-0.39, 0.29) is 22.6 Å². The number of hydrogen-bond donors (Lipinski definition) is 2. The summed E-state index contributed by atoms with van der Waals surface area (Å²) in [6.07, 6.45) is -3.72. The molecular formula is C19H16F3N3O3S. The Morgan fingerprint density at radius 1 is 1.28 bits per heavy atom. The van der Waals surface area contributed by atoms with E-state index in [0.29, 0.717) is 39.4 Å². The van der Waals surface area contributed by atoms with Crippen molar-refractivity contribution < 1.29 is 27.5 Å². The summed E-state index contributed by atoms with van der Waals surface area (Å²) >= 11 is 1.13. The molecule has 0 radical (unpaired) electrons. The Labute approximate surface area is 167 Å². The number of nitrogens with zero attached hydrogens (tertiary/aromatic N) is 1. The number of rotatable bonds is 3. The number of benzene rings is 1. The van der Waals surface area contributed by atoms with Crippen LogP contribution in [0, 0.1) is 5.41 Å². The number of hydrogen-bond acceptors (Lipinski definition) is 5. The zero-order chi connectivity index (χ0) is 21.0. The fourth-order valence-corrected chi connectivity index (χ4v) is 4.28. The predicted octanol–water partition coefficient (Wildman–Crippen LogP) is 4.93. The van der Waals surface area contributed by atoms with Crippen LogP contribution in [0.1, 0.15) is 46.1 Å². The van der Waals surface area contributed by atoms with E-state index in [4.69, 9.17) is 0 Å². The summed E-state index contributed by atoms with van der Waals surface area (Å²) < 4.78 is 41.0. The van der Waals surface area contributed by atoms with Crippen molar-refractivity contribution in [3.8, 4) is 5.75 Å². The lowest BCUT2D eigenvalue weighted by Gasteiger charge is -2.26. The summed E-state index contributed by atoms with van der Waals surface area (Å²) in [5, 5.41) is 3.52. The summed E-state index contributed by atoms with van der Waals surface area (Å²) in [6, 6.07) is 5.28. The standard InChI is InChI=1S/C19H16F3N3O3S/c1-18(2)7-13-15(14(26)8-18)29-17(24-13)25-16(27)12-5-9-3-4-10(6-11(9)23-12)28-19(20,21)22/h3-6,23H,7-8H2,1-2H3,(H,24,25,27). The number of aromatic amines is 1.